The Morgan fingerprint density at radius 2 is 1.68 bits per heavy atom. The van der Waals surface area contributed by atoms with Crippen LogP contribution in [-0.2, 0) is 9.59 Å². The fourth-order valence-corrected chi connectivity index (χ4v) is 2.89. The third-order valence-corrected chi connectivity index (χ3v) is 4.03. The van der Waals surface area contributed by atoms with Gasteiger partial charge in [0.1, 0.15) is 5.75 Å². The molecule has 2 amide bonds. The first-order chi connectivity index (χ1) is 9.11. The van der Waals surface area contributed by atoms with Gasteiger partial charge in [-0.1, -0.05) is 18.2 Å². The molecule has 2 unspecified atom stereocenters. The maximum absolute atomic E-state index is 12.4. The van der Waals surface area contributed by atoms with Crippen LogP contribution in [0.25, 0.3) is 0 Å². The van der Waals surface area contributed by atoms with Crippen molar-refractivity contribution < 1.29 is 14.7 Å². The zero-order valence-electron chi connectivity index (χ0n) is 10.7. The van der Waals surface area contributed by atoms with Crippen LogP contribution in [0.4, 0.5) is 5.69 Å². The Labute approximate surface area is 111 Å². The number of carbonyl (C=O) groups is 2. The lowest BCUT2D eigenvalue weighted by Gasteiger charge is -2.17. The van der Waals surface area contributed by atoms with E-state index in [4.69, 9.17) is 0 Å². The average Bonchev–Trinajstić information content (AvgIpc) is 2.67. The quantitative estimate of drug-likeness (QED) is 0.619. The van der Waals surface area contributed by atoms with E-state index < -0.39 is 0 Å². The molecule has 4 nitrogen and oxygen atoms in total. The molecule has 0 radical (unpaired) electrons. The Kier molecular flexibility index (Phi) is 2.66. The topological polar surface area (TPSA) is 57.6 Å². The van der Waals surface area contributed by atoms with Crippen molar-refractivity contribution in [2.24, 2.45) is 11.8 Å². The number of imide groups is 1. The van der Waals surface area contributed by atoms with Crippen LogP contribution >= 0.6 is 0 Å². The van der Waals surface area contributed by atoms with Gasteiger partial charge in [0.05, 0.1) is 17.5 Å². The predicted octanol–water partition coefficient (Wildman–Crippen LogP) is 2.16. The highest BCUT2D eigenvalue weighted by Crippen LogP contribution is 2.39. The van der Waals surface area contributed by atoms with Crippen molar-refractivity contribution in [2.45, 2.75) is 19.8 Å². The van der Waals surface area contributed by atoms with Crippen molar-refractivity contribution in [3.05, 3.63) is 35.9 Å². The minimum absolute atomic E-state index is 0.103. The number of amides is 2. The molecule has 19 heavy (non-hydrogen) atoms. The van der Waals surface area contributed by atoms with Gasteiger partial charge in [0.15, 0.2) is 0 Å². The monoisotopic (exact) mass is 257 g/mol. The molecule has 0 spiro atoms. The van der Waals surface area contributed by atoms with Crippen LogP contribution in [-0.4, -0.2) is 16.9 Å². The number of carbonyl (C=O) groups excluding carboxylic acids is 2. The maximum atomic E-state index is 12.4. The predicted molar refractivity (Wildman–Crippen MR) is 70.7 cm³/mol. The van der Waals surface area contributed by atoms with E-state index in [9.17, 15) is 14.7 Å². The second kappa shape index (κ2) is 4.23. The second-order valence-corrected chi connectivity index (χ2v) is 5.09. The number of nitrogens with zero attached hydrogens (tertiary/aromatic N) is 1. The fraction of sp³-hybridized carbons (Fsp3) is 0.333. The van der Waals surface area contributed by atoms with Gasteiger partial charge in [0.2, 0.25) is 11.8 Å². The van der Waals surface area contributed by atoms with Gasteiger partial charge in [-0.05, 0) is 31.9 Å². The number of benzene rings is 1. The van der Waals surface area contributed by atoms with Gasteiger partial charge in [-0.3, -0.25) is 9.59 Å². The van der Waals surface area contributed by atoms with Crippen LogP contribution in [0.3, 0.4) is 0 Å². The van der Waals surface area contributed by atoms with E-state index in [2.05, 4.69) is 0 Å². The summed E-state index contributed by atoms with van der Waals surface area (Å²) < 4.78 is 0. The molecule has 3 rings (SSSR count). The number of phenolic OH excluding ortho intramolecular Hbond substituents is 1. The maximum Gasteiger partial charge on any atom is 0.238 e. The lowest BCUT2D eigenvalue weighted by atomic mass is 9.85. The molecule has 1 aliphatic carbocycles. The number of fused-ring (bicyclic) bond motifs is 1. The molecule has 1 aromatic rings. The molecule has 1 heterocycles. The van der Waals surface area contributed by atoms with Crippen LogP contribution in [0, 0.1) is 18.8 Å². The van der Waals surface area contributed by atoms with E-state index in [1.807, 2.05) is 12.2 Å². The molecule has 1 aliphatic heterocycles. The van der Waals surface area contributed by atoms with E-state index in [0.29, 0.717) is 24.1 Å². The van der Waals surface area contributed by atoms with E-state index in [1.54, 1.807) is 25.1 Å². The first-order valence-corrected chi connectivity index (χ1v) is 6.42. The van der Waals surface area contributed by atoms with Gasteiger partial charge < -0.3 is 5.11 Å². The first kappa shape index (κ1) is 12.0. The highest BCUT2D eigenvalue weighted by molar-refractivity contribution is 6.22. The summed E-state index contributed by atoms with van der Waals surface area (Å²) in [7, 11) is 0. The molecule has 1 aromatic carbocycles. The number of rotatable bonds is 1. The molecule has 98 valence electrons. The zero-order chi connectivity index (χ0) is 13.6. The lowest BCUT2D eigenvalue weighted by molar-refractivity contribution is -0.122. The molecule has 2 aliphatic rings. The van der Waals surface area contributed by atoms with E-state index in [1.165, 1.54) is 4.90 Å². The summed E-state index contributed by atoms with van der Waals surface area (Å²) in [5.74, 6) is -0.661. The summed E-state index contributed by atoms with van der Waals surface area (Å²) in [5.41, 5.74) is 1.07. The molecule has 0 bridgehead atoms. The van der Waals surface area contributed by atoms with Crippen molar-refractivity contribution in [3.63, 3.8) is 0 Å². The van der Waals surface area contributed by atoms with Crippen LogP contribution in [0.5, 0.6) is 5.75 Å². The summed E-state index contributed by atoms with van der Waals surface area (Å²) in [6.45, 7) is 1.71. The number of hydrogen-bond donors (Lipinski definition) is 1. The standard InChI is InChI=1S/C15H15NO3/c1-9-12(7-4-8-13(9)17)16-14(18)10-5-2-3-6-11(10)15(16)19/h2-4,7-8,10-11,17H,5-6H2,1H3. The van der Waals surface area contributed by atoms with Crippen LogP contribution in [0.15, 0.2) is 30.4 Å². The molecule has 4 heteroatoms. The van der Waals surface area contributed by atoms with Crippen molar-refractivity contribution in [2.75, 3.05) is 4.90 Å². The summed E-state index contributed by atoms with van der Waals surface area (Å²) in [5, 5.41) is 9.73. The van der Waals surface area contributed by atoms with Gasteiger partial charge in [0.25, 0.3) is 0 Å². The molecular formula is C15H15NO3. The number of hydrogen-bond acceptors (Lipinski definition) is 3. The van der Waals surface area contributed by atoms with Gasteiger partial charge in [-0.2, -0.15) is 0 Å². The third-order valence-electron chi connectivity index (χ3n) is 4.03. The number of anilines is 1. The highest BCUT2D eigenvalue weighted by Gasteiger charge is 2.48. The number of allylic oxidation sites excluding steroid dienone is 2. The van der Waals surface area contributed by atoms with Gasteiger partial charge in [0, 0.05) is 5.56 Å². The van der Waals surface area contributed by atoms with Crippen LogP contribution in [0.1, 0.15) is 18.4 Å². The van der Waals surface area contributed by atoms with Gasteiger partial charge in [-0.15, -0.1) is 0 Å². The summed E-state index contributed by atoms with van der Waals surface area (Å²) in [6, 6.07) is 4.91. The van der Waals surface area contributed by atoms with E-state index in [0.717, 1.165) is 0 Å². The summed E-state index contributed by atoms with van der Waals surface area (Å²) >= 11 is 0. The largest absolute Gasteiger partial charge is 0.508 e. The van der Waals surface area contributed by atoms with Crippen molar-refractivity contribution in [1.82, 2.24) is 0 Å². The second-order valence-electron chi connectivity index (χ2n) is 5.09. The fourth-order valence-electron chi connectivity index (χ4n) is 2.89. The molecule has 1 N–H and O–H groups in total. The van der Waals surface area contributed by atoms with E-state index >= 15 is 0 Å². The van der Waals surface area contributed by atoms with Gasteiger partial charge in [-0.25, -0.2) is 4.90 Å². The molecular weight excluding hydrogens is 242 g/mol. The normalized spacial score (nSPS) is 25.8. The highest BCUT2D eigenvalue weighted by atomic mass is 16.3. The lowest BCUT2D eigenvalue weighted by Crippen LogP contribution is -2.31. The number of aromatic hydroxyl groups is 1. The van der Waals surface area contributed by atoms with Crippen molar-refractivity contribution in [3.8, 4) is 5.75 Å². The number of phenols is 1. The van der Waals surface area contributed by atoms with Crippen molar-refractivity contribution in [1.29, 1.82) is 0 Å². The third kappa shape index (κ3) is 1.67. The van der Waals surface area contributed by atoms with E-state index in [-0.39, 0.29) is 29.4 Å². The molecule has 1 fully saturated rings. The summed E-state index contributed by atoms with van der Waals surface area (Å²) in [4.78, 5) is 26.1. The molecule has 0 aromatic heterocycles. The zero-order valence-corrected chi connectivity index (χ0v) is 10.7. The van der Waals surface area contributed by atoms with Crippen LogP contribution < -0.4 is 4.90 Å². The van der Waals surface area contributed by atoms with Crippen molar-refractivity contribution >= 4 is 17.5 Å². The summed E-state index contributed by atoms with van der Waals surface area (Å²) in [6.07, 6.45) is 5.18. The van der Waals surface area contributed by atoms with Crippen LogP contribution in [0.2, 0.25) is 0 Å². The Balaban J connectivity index is 2.04. The Morgan fingerprint density at radius 3 is 2.26 bits per heavy atom. The minimum Gasteiger partial charge on any atom is -0.508 e. The molecule has 0 saturated carbocycles. The Bertz CT molecular complexity index is 565. The first-order valence-electron chi connectivity index (χ1n) is 6.42. The Morgan fingerprint density at radius 1 is 1.11 bits per heavy atom. The minimum atomic E-state index is -0.237. The van der Waals surface area contributed by atoms with Gasteiger partial charge >= 0.3 is 0 Å². The Hall–Kier alpha value is -2.10. The molecule has 2 atom stereocenters. The average molecular weight is 257 g/mol. The molecule has 1 saturated heterocycles. The smallest absolute Gasteiger partial charge is 0.238 e. The SMILES string of the molecule is Cc1c(O)cccc1N1C(=O)C2CC=CCC2C1=O.